The number of rotatable bonds is 9. The molecule has 10 nitrogen and oxygen atoms in total. The molecule has 2 saturated heterocycles. The predicted molar refractivity (Wildman–Crippen MR) is 158 cm³/mol. The van der Waals surface area contributed by atoms with Crippen molar-refractivity contribution in [2.24, 2.45) is 0 Å². The monoisotopic (exact) mass is 556 g/mol. The van der Waals surface area contributed by atoms with E-state index in [4.69, 9.17) is 4.74 Å². The first-order valence-electron chi connectivity index (χ1n) is 14.0. The van der Waals surface area contributed by atoms with Crippen LogP contribution in [-0.2, 0) is 0 Å². The molecule has 10 heteroatoms. The van der Waals surface area contributed by atoms with Crippen LogP contribution in [0.15, 0.2) is 60.8 Å². The molecular weight excluding hydrogens is 520 g/mol. The lowest BCUT2D eigenvalue weighted by Gasteiger charge is -2.32. The number of hydrogen-bond acceptors (Lipinski definition) is 6. The largest absolute Gasteiger partial charge is 0.497 e. The van der Waals surface area contributed by atoms with Gasteiger partial charge in [-0.2, -0.15) is 0 Å². The molecule has 5 rings (SSSR count). The first-order valence-corrected chi connectivity index (χ1v) is 14.0. The molecule has 0 saturated carbocycles. The molecule has 0 unspecified atom stereocenters. The van der Waals surface area contributed by atoms with Crippen LogP contribution in [0.2, 0.25) is 0 Å². The van der Waals surface area contributed by atoms with Crippen molar-refractivity contribution < 1.29 is 19.1 Å². The Balaban J connectivity index is 1.15. The number of aryl methyl sites for hydroxylation is 1. The number of benzene rings is 2. The Hall–Kier alpha value is -4.60. The van der Waals surface area contributed by atoms with E-state index in [-0.39, 0.29) is 17.8 Å². The summed E-state index contributed by atoms with van der Waals surface area (Å²) in [6, 6.07) is 17.0. The zero-order valence-electron chi connectivity index (χ0n) is 23.5. The number of ether oxygens (including phenoxy) is 1. The van der Waals surface area contributed by atoms with Gasteiger partial charge in [0, 0.05) is 56.7 Å². The molecule has 0 aliphatic carbocycles. The van der Waals surface area contributed by atoms with Crippen LogP contribution < -0.4 is 20.7 Å². The second kappa shape index (κ2) is 12.7. The minimum absolute atomic E-state index is 0.0304. The number of nitrogens with one attached hydrogen (secondary N) is 3. The molecule has 0 bridgehead atoms. The quantitative estimate of drug-likeness (QED) is 0.365. The zero-order valence-corrected chi connectivity index (χ0v) is 23.5. The standard InChI is InChI=1S/C31H36N6O4/c1-21-3-4-24(30(39)36-15-11-23(12-16-36)22-5-8-26(41-2)9-6-22)19-27(21)35-29(38)25-7-10-28(34-20-25)32-13-17-37-18-14-33-31(37)40/h3-10,19-20,23H,11-18H2,1-2H3,(H,32,34)(H,33,40)(H,35,38). The van der Waals surface area contributed by atoms with E-state index in [0.29, 0.717) is 67.8 Å². The first-order chi connectivity index (χ1) is 19.9. The molecule has 3 aromatic rings. The van der Waals surface area contributed by atoms with Crippen molar-refractivity contribution in [3.63, 3.8) is 0 Å². The van der Waals surface area contributed by atoms with E-state index in [0.717, 1.165) is 24.2 Å². The number of likely N-dealkylation sites (tertiary alicyclic amines) is 1. The van der Waals surface area contributed by atoms with E-state index in [1.165, 1.54) is 11.8 Å². The van der Waals surface area contributed by atoms with Gasteiger partial charge in [-0.15, -0.1) is 0 Å². The normalized spacial score (nSPS) is 15.4. The van der Waals surface area contributed by atoms with Crippen molar-refractivity contribution in [1.82, 2.24) is 20.1 Å². The highest BCUT2D eigenvalue weighted by molar-refractivity contribution is 6.05. The molecule has 2 aliphatic rings. The van der Waals surface area contributed by atoms with Crippen LogP contribution in [0.5, 0.6) is 5.75 Å². The van der Waals surface area contributed by atoms with Crippen LogP contribution in [0, 0.1) is 6.92 Å². The summed E-state index contributed by atoms with van der Waals surface area (Å²) in [6.45, 7) is 5.76. The number of methoxy groups -OCH3 is 1. The Labute approximate surface area is 240 Å². The topological polar surface area (TPSA) is 116 Å². The molecule has 3 heterocycles. The number of carbonyl (C=O) groups is 3. The Morgan fingerprint density at radius 2 is 1.78 bits per heavy atom. The van der Waals surface area contributed by atoms with Crippen LogP contribution in [0.3, 0.4) is 0 Å². The summed E-state index contributed by atoms with van der Waals surface area (Å²) in [7, 11) is 1.66. The van der Waals surface area contributed by atoms with Gasteiger partial charge in [0.25, 0.3) is 11.8 Å². The zero-order chi connectivity index (χ0) is 28.8. The summed E-state index contributed by atoms with van der Waals surface area (Å²) in [6.07, 6.45) is 3.31. The summed E-state index contributed by atoms with van der Waals surface area (Å²) < 4.78 is 5.26. The Morgan fingerprint density at radius 1 is 1.02 bits per heavy atom. The predicted octanol–water partition coefficient (Wildman–Crippen LogP) is 4.11. The fraction of sp³-hybridized carbons (Fsp3) is 0.355. The van der Waals surface area contributed by atoms with E-state index in [2.05, 4.69) is 33.1 Å². The van der Waals surface area contributed by atoms with Crippen LogP contribution in [0.1, 0.15) is 50.6 Å². The average Bonchev–Trinajstić information content (AvgIpc) is 3.42. The number of nitrogens with zero attached hydrogens (tertiary/aromatic N) is 3. The summed E-state index contributed by atoms with van der Waals surface area (Å²) in [4.78, 5) is 45.9. The number of anilines is 2. The van der Waals surface area contributed by atoms with Gasteiger partial charge < -0.3 is 30.5 Å². The second-order valence-corrected chi connectivity index (χ2v) is 10.4. The minimum Gasteiger partial charge on any atom is -0.497 e. The summed E-state index contributed by atoms with van der Waals surface area (Å²) >= 11 is 0. The van der Waals surface area contributed by atoms with Gasteiger partial charge in [-0.05, 0) is 73.2 Å². The molecule has 4 amide bonds. The molecule has 2 aromatic carbocycles. The summed E-state index contributed by atoms with van der Waals surface area (Å²) in [5.41, 5.74) is 3.70. The average molecular weight is 557 g/mol. The molecule has 0 spiro atoms. The van der Waals surface area contributed by atoms with Gasteiger partial charge >= 0.3 is 6.03 Å². The lowest BCUT2D eigenvalue weighted by molar-refractivity contribution is 0.0712. The van der Waals surface area contributed by atoms with Crippen molar-refractivity contribution in [1.29, 1.82) is 0 Å². The van der Waals surface area contributed by atoms with Gasteiger partial charge in [0.2, 0.25) is 0 Å². The fourth-order valence-corrected chi connectivity index (χ4v) is 5.23. The number of aromatic nitrogens is 1. The first kappa shape index (κ1) is 27.9. The van der Waals surface area contributed by atoms with Gasteiger partial charge in [0.05, 0.1) is 12.7 Å². The number of hydrogen-bond donors (Lipinski definition) is 3. The maximum atomic E-state index is 13.3. The van der Waals surface area contributed by atoms with Crippen molar-refractivity contribution in [2.75, 3.05) is 57.0 Å². The molecule has 1 aromatic heterocycles. The van der Waals surface area contributed by atoms with E-state index >= 15 is 0 Å². The Bertz CT molecular complexity index is 1380. The van der Waals surface area contributed by atoms with Crippen LogP contribution in [0.25, 0.3) is 0 Å². The number of piperidine rings is 1. The van der Waals surface area contributed by atoms with E-state index in [9.17, 15) is 14.4 Å². The maximum absolute atomic E-state index is 13.3. The lowest BCUT2D eigenvalue weighted by atomic mass is 9.89. The second-order valence-electron chi connectivity index (χ2n) is 10.4. The highest BCUT2D eigenvalue weighted by Gasteiger charge is 2.25. The van der Waals surface area contributed by atoms with Crippen molar-refractivity contribution in [3.05, 3.63) is 83.0 Å². The SMILES string of the molecule is COc1ccc(C2CCN(C(=O)c3ccc(C)c(NC(=O)c4ccc(NCCN5CCNC5=O)nc4)c3)CC2)cc1. The highest BCUT2D eigenvalue weighted by atomic mass is 16.5. The molecule has 214 valence electrons. The smallest absolute Gasteiger partial charge is 0.317 e. The van der Waals surface area contributed by atoms with Gasteiger partial charge in [-0.3, -0.25) is 9.59 Å². The van der Waals surface area contributed by atoms with Crippen LogP contribution in [0.4, 0.5) is 16.3 Å². The lowest BCUT2D eigenvalue weighted by Crippen LogP contribution is -2.38. The summed E-state index contributed by atoms with van der Waals surface area (Å²) in [5, 5.41) is 8.88. The van der Waals surface area contributed by atoms with E-state index < -0.39 is 0 Å². The maximum Gasteiger partial charge on any atom is 0.317 e. The van der Waals surface area contributed by atoms with Crippen molar-refractivity contribution in [3.8, 4) is 5.75 Å². The third-order valence-corrected chi connectivity index (χ3v) is 7.76. The van der Waals surface area contributed by atoms with E-state index in [1.807, 2.05) is 36.1 Å². The molecule has 3 N–H and O–H groups in total. The Morgan fingerprint density at radius 3 is 2.44 bits per heavy atom. The molecule has 0 radical (unpaired) electrons. The third-order valence-electron chi connectivity index (χ3n) is 7.76. The van der Waals surface area contributed by atoms with Gasteiger partial charge in [0.1, 0.15) is 11.6 Å². The van der Waals surface area contributed by atoms with Gasteiger partial charge in [-0.25, -0.2) is 9.78 Å². The number of pyridine rings is 1. The Kier molecular flexibility index (Phi) is 8.67. The molecule has 0 atom stereocenters. The third kappa shape index (κ3) is 6.77. The van der Waals surface area contributed by atoms with Crippen molar-refractivity contribution >= 4 is 29.4 Å². The number of urea groups is 1. The summed E-state index contributed by atoms with van der Waals surface area (Å²) in [5.74, 6) is 1.55. The van der Waals surface area contributed by atoms with Gasteiger partial charge in [-0.1, -0.05) is 18.2 Å². The number of carbonyl (C=O) groups excluding carboxylic acids is 3. The highest BCUT2D eigenvalue weighted by Crippen LogP contribution is 2.30. The number of amides is 4. The van der Waals surface area contributed by atoms with Gasteiger partial charge in [0.15, 0.2) is 0 Å². The molecule has 2 fully saturated rings. The van der Waals surface area contributed by atoms with Crippen molar-refractivity contribution in [2.45, 2.75) is 25.7 Å². The van der Waals surface area contributed by atoms with Crippen LogP contribution in [-0.4, -0.2) is 79.0 Å². The van der Waals surface area contributed by atoms with Crippen LogP contribution >= 0.6 is 0 Å². The fourth-order valence-electron chi connectivity index (χ4n) is 5.23. The molecule has 2 aliphatic heterocycles. The molecule has 41 heavy (non-hydrogen) atoms. The molecular formula is C31H36N6O4. The minimum atomic E-state index is -0.300. The van der Waals surface area contributed by atoms with E-state index in [1.54, 1.807) is 30.2 Å².